The molecular weight excluding hydrogens is 493 g/mol. The van der Waals surface area contributed by atoms with Crippen LogP contribution in [0, 0.1) is 19.7 Å². The van der Waals surface area contributed by atoms with E-state index >= 15 is 0 Å². The smallest absolute Gasteiger partial charge is 0.264 e. The third-order valence-corrected chi connectivity index (χ3v) is 7.78. The molecular formula is C28H32FN3O4S. The number of rotatable bonds is 10. The van der Waals surface area contributed by atoms with Crippen molar-refractivity contribution in [3.05, 3.63) is 95.3 Å². The molecule has 3 rings (SSSR count). The van der Waals surface area contributed by atoms with E-state index < -0.39 is 34.3 Å². The number of aryl methyl sites for hydroxylation is 2. The molecule has 0 saturated heterocycles. The second-order valence-corrected chi connectivity index (χ2v) is 10.7. The number of anilines is 1. The van der Waals surface area contributed by atoms with Gasteiger partial charge in [-0.05, 0) is 69.7 Å². The van der Waals surface area contributed by atoms with Crippen LogP contribution in [0.4, 0.5) is 10.1 Å². The number of halogens is 1. The summed E-state index contributed by atoms with van der Waals surface area (Å²) in [5.41, 5.74) is 3.05. The molecule has 0 aromatic heterocycles. The van der Waals surface area contributed by atoms with Crippen LogP contribution < -0.4 is 9.62 Å². The van der Waals surface area contributed by atoms with Gasteiger partial charge in [-0.2, -0.15) is 0 Å². The standard InChI is InChI=1S/C28H32FN3O4S/c1-5-30-28(34)22(4)31(18-23-10-6-20(2)7-11-23)27(33)19-32(25-14-8-21(3)9-15-25)37(35,36)26-16-12-24(29)13-17-26/h6-17,22H,5,18-19H2,1-4H3,(H,30,34)/t22-/m1/s1. The van der Waals surface area contributed by atoms with Gasteiger partial charge in [-0.25, -0.2) is 12.8 Å². The van der Waals surface area contributed by atoms with E-state index in [0.29, 0.717) is 6.54 Å². The Morgan fingerprint density at radius 2 is 1.43 bits per heavy atom. The molecule has 0 unspecified atom stereocenters. The fourth-order valence-corrected chi connectivity index (χ4v) is 5.18. The van der Waals surface area contributed by atoms with Crippen LogP contribution in [0.2, 0.25) is 0 Å². The highest BCUT2D eigenvalue weighted by Crippen LogP contribution is 2.25. The van der Waals surface area contributed by atoms with Crippen LogP contribution in [0.3, 0.4) is 0 Å². The third kappa shape index (κ3) is 6.95. The van der Waals surface area contributed by atoms with Crippen molar-refractivity contribution >= 4 is 27.5 Å². The molecule has 7 nitrogen and oxygen atoms in total. The van der Waals surface area contributed by atoms with Gasteiger partial charge in [0, 0.05) is 13.1 Å². The van der Waals surface area contributed by atoms with E-state index in [1.807, 2.05) is 38.1 Å². The van der Waals surface area contributed by atoms with Gasteiger partial charge < -0.3 is 10.2 Å². The van der Waals surface area contributed by atoms with Crippen molar-refractivity contribution in [3.8, 4) is 0 Å². The number of nitrogens with one attached hydrogen (secondary N) is 1. The summed E-state index contributed by atoms with van der Waals surface area (Å²) in [4.78, 5) is 27.7. The lowest BCUT2D eigenvalue weighted by Crippen LogP contribution is -2.51. The van der Waals surface area contributed by atoms with E-state index in [9.17, 15) is 22.4 Å². The highest BCUT2D eigenvalue weighted by molar-refractivity contribution is 7.92. The molecule has 0 saturated carbocycles. The molecule has 0 aliphatic rings. The lowest BCUT2D eigenvalue weighted by Gasteiger charge is -2.32. The molecule has 0 fully saturated rings. The van der Waals surface area contributed by atoms with E-state index in [4.69, 9.17) is 0 Å². The van der Waals surface area contributed by atoms with Crippen molar-refractivity contribution in [2.75, 3.05) is 17.4 Å². The maximum absolute atomic E-state index is 13.7. The summed E-state index contributed by atoms with van der Waals surface area (Å²) in [6.45, 7) is 7.18. The Balaban J connectivity index is 2.01. The maximum atomic E-state index is 13.7. The normalized spacial score (nSPS) is 12.0. The first-order chi connectivity index (χ1) is 17.5. The Morgan fingerprint density at radius 3 is 1.97 bits per heavy atom. The first-order valence-electron chi connectivity index (χ1n) is 12.0. The molecule has 0 aliphatic heterocycles. The van der Waals surface area contributed by atoms with Crippen LogP contribution in [0.15, 0.2) is 77.7 Å². The summed E-state index contributed by atoms with van der Waals surface area (Å²) in [6, 6.07) is 17.9. The summed E-state index contributed by atoms with van der Waals surface area (Å²) in [5, 5.41) is 2.73. The zero-order valence-corrected chi connectivity index (χ0v) is 22.3. The molecule has 0 aliphatic carbocycles. The van der Waals surface area contributed by atoms with E-state index in [1.165, 1.54) is 4.90 Å². The third-order valence-electron chi connectivity index (χ3n) is 5.99. The zero-order valence-electron chi connectivity index (χ0n) is 21.4. The highest BCUT2D eigenvalue weighted by Gasteiger charge is 2.32. The van der Waals surface area contributed by atoms with Crippen molar-refractivity contribution in [3.63, 3.8) is 0 Å². The predicted octanol–water partition coefficient (Wildman–Crippen LogP) is 4.19. The minimum absolute atomic E-state index is 0.121. The van der Waals surface area contributed by atoms with Gasteiger partial charge in [0.15, 0.2) is 0 Å². The fraction of sp³-hybridized carbons (Fsp3) is 0.286. The number of carbonyl (C=O) groups excluding carboxylic acids is 2. The second kappa shape index (κ2) is 12.0. The van der Waals surface area contributed by atoms with Gasteiger partial charge in [-0.1, -0.05) is 47.5 Å². The Labute approximate surface area is 218 Å². The molecule has 1 atom stereocenters. The lowest BCUT2D eigenvalue weighted by atomic mass is 10.1. The molecule has 0 bridgehead atoms. The number of nitrogens with zero attached hydrogens (tertiary/aromatic N) is 2. The SMILES string of the molecule is CCNC(=O)[C@@H](C)N(Cc1ccc(C)cc1)C(=O)CN(c1ccc(C)cc1)S(=O)(=O)c1ccc(F)cc1. The number of hydrogen-bond donors (Lipinski definition) is 1. The second-order valence-electron chi connectivity index (χ2n) is 8.88. The minimum Gasteiger partial charge on any atom is -0.355 e. The average molecular weight is 526 g/mol. The van der Waals surface area contributed by atoms with Crippen LogP contribution in [0.1, 0.15) is 30.5 Å². The summed E-state index contributed by atoms with van der Waals surface area (Å²) in [6.07, 6.45) is 0. The van der Waals surface area contributed by atoms with Crippen LogP contribution in [0.25, 0.3) is 0 Å². The first-order valence-corrected chi connectivity index (χ1v) is 13.4. The molecule has 0 heterocycles. The quantitative estimate of drug-likeness (QED) is 0.430. The van der Waals surface area contributed by atoms with Crippen molar-refractivity contribution in [2.24, 2.45) is 0 Å². The summed E-state index contributed by atoms with van der Waals surface area (Å²) < 4.78 is 41.8. The molecule has 196 valence electrons. The largest absolute Gasteiger partial charge is 0.355 e. The zero-order chi connectivity index (χ0) is 27.2. The highest BCUT2D eigenvalue weighted by atomic mass is 32.2. The van der Waals surface area contributed by atoms with Crippen molar-refractivity contribution in [1.29, 1.82) is 0 Å². The Bertz CT molecular complexity index is 1330. The summed E-state index contributed by atoms with van der Waals surface area (Å²) >= 11 is 0. The van der Waals surface area contributed by atoms with Crippen LogP contribution in [-0.4, -0.2) is 44.3 Å². The molecule has 3 aromatic rings. The van der Waals surface area contributed by atoms with Crippen molar-refractivity contribution in [1.82, 2.24) is 10.2 Å². The number of carbonyl (C=O) groups is 2. The van der Waals surface area contributed by atoms with Gasteiger partial charge in [0.25, 0.3) is 10.0 Å². The Hall–Kier alpha value is -3.72. The van der Waals surface area contributed by atoms with Gasteiger partial charge in [-0.15, -0.1) is 0 Å². The van der Waals surface area contributed by atoms with E-state index in [0.717, 1.165) is 45.3 Å². The Morgan fingerprint density at radius 1 is 0.892 bits per heavy atom. The fourth-order valence-electron chi connectivity index (χ4n) is 3.77. The van der Waals surface area contributed by atoms with Crippen molar-refractivity contribution in [2.45, 2.75) is 45.2 Å². The first kappa shape index (κ1) is 27.9. The van der Waals surface area contributed by atoms with E-state index in [2.05, 4.69) is 5.32 Å². The molecule has 3 aromatic carbocycles. The van der Waals surface area contributed by atoms with E-state index in [1.54, 1.807) is 38.1 Å². The van der Waals surface area contributed by atoms with Gasteiger partial charge >= 0.3 is 0 Å². The summed E-state index contributed by atoms with van der Waals surface area (Å²) in [5.74, 6) is -1.46. The van der Waals surface area contributed by atoms with E-state index in [-0.39, 0.29) is 23.0 Å². The number of amides is 2. The Kier molecular flexibility index (Phi) is 9.04. The molecule has 0 spiro atoms. The van der Waals surface area contributed by atoms with Gasteiger partial charge in [0.2, 0.25) is 11.8 Å². The number of benzene rings is 3. The molecule has 0 radical (unpaired) electrons. The van der Waals surface area contributed by atoms with Gasteiger partial charge in [0.05, 0.1) is 10.6 Å². The topological polar surface area (TPSA) is 86.8 Å². The summed E-state index contributed by atoms with van der Waals surface area (Å²) in [7, 11) is -4.23. The molecule has 37 heavy (non-hydrogen) atoms. The monoisotopic (exact) mass is 525 g/mol. The average Bonchev–Trinajstić information content (AvgIpc) is 2.87. The van der Waals surface area contributed by atoms with Crippen LogP contribution in [0.5, 0.6) is 0 Å². The lowest BCUT2D eigenvalue weighted by molar-refractivity contribution is -0.139. The van der Waals surface area contributed by atoms with Crippen LogP contribution >= 0.6 is 0 Å². The van der Waals surface area contributed by atoms with Crippen molar-refractivity contribution < 1.29 is 22.4 Å². The maximum Gasteiger partial charge on any atom is 0.264 e. The minimum atomic E-state index is -4.23. The predicted molar refractivity (Wildman–Crippen MR) is 142 cm³/mol. The molecule has 1 N–H and O–H groups in total. The van der Waals surface area contributed by atoms with Crippen LogP contribution in [-0.2, 0) is 26.2 Å². The van der Waals surface area contributed by atoms with Gasteiger partial charge in [-0.3, -0.25) is 13.9 Å². The number of sulfonamides is 1. The molecule has 2 amide bonds. The molecule has 9 heteroatoms. The number of likely N-dealkylation sites (N-methyl/N-ethyl adjacent to an activating group) is 1. The van der Waals surface area contributed by atoms with Gasteiger partial charge in [0.1, 0.15) is 18.4 Å². The number of hydrogen-bond acceptors (Lipinski definition) is 4.